The van der Waals surface area contributed by atoms with E-state index in [2.05, 4.69) is 16.4 Å². The van der Waals surface area contributed by atoms with Gasteiger partial charge in [0.15, 0.2) is 0 Å². The molecule has 1 amide bonds. The highest BCUT2D eigenvalue weighted by Crippen LogP contribution is 2.26. The van der Waals surface area contributed by atoms with E-state index in [4.69, 9.17) is 0 Å². The van der Waals surface area contributed by atoms with Crippen LogP contribution in [0, 0.1) is 18.8 Å². The fraction of sp³-hybridized carbons (Fsp3) is 0.368. The first-order chi connectivity index (χ1) is 11.6. The van der Waals surface area contributed by atoms with Crippen LogP contribution in [0.3, 0.4) is 0 Å². The molecule has 3 N–H and O–H groups in total. The molecule has 1 aliphatic rings. The second-order valence-electron chi connectivity index (χ2n) is 6.31. The minimum atomic E-state index is -0.896. The van der Waals surface area contributed by atoms with Crippen molar-refractivity contribution in [1.82, 2.24) is 10.3 Å². The molecule has 0 fully saturated rings. The quantitative estimate of drug-likeness (QED) is 0.739. The summed E-state index contributed by atoms with van der Waals surface area (Å²) >= 11 is 0. The smallest absolute Gasteiger partial charge is 0.307 e. The number of hydrogen-bond acceptors (Lipinski definition) is 2. The summed E-state index contributed by atoms with van der Waals surface area (Å²) in [4.78, 5) is 27.0. The molecule has 0 aliphatic heterocycles. The van der Waals surface area contributed by atoms with Crippen LogP contribution in [0.2, 0.25) is 0 Å². The topological polar surface area (TPSA) is 82.2 Å². The number of nitrogens with one attached hydrogen (secondary N) is 2. The number of carboxylic acids is 1. The van der Waals surface area contributed by atoms with E-state index >= 15 is 0 Å². The second kappa shape index (κ2) is 6.91. The number of carbonyl (C=O) groups is 2. The van der Waals surface area contributed by atoms with E-state index in [0.717, 1.165) is 17.6 Å². The van der Waals surface area contributed by atoms with Gasteiger partial charge in [-0.25, -0.2) is 0 Å². The molecule has 3 rings (SSSR count). The van der Waals surface area contributed by atoms with E-state index in [1.807, 2.05) is 37.3 Å². The Labute approximate surface area is 140 Å². The zero-order valence-corrected chi connectivity index (χ0v) is 13.7. The van der Waals surface area contributed by atoms with Crippen LogP contribution in [0.1, 0.15) is 24.1 Å². The molecule has 24 heavy (non-hydrogen) atoms. The van der Waals surface area contributed by atoms with Crippen molar-refractivity contribution in [3.63, 3.8) is 0 Å². The maximum Gasteiger partial charge on any atom is 0.307 e. The van der Waals surface area contributed by atoms with E-state index in [1.165, 1.54) is 10.9 Å². The number of carboxylic acid groups (broad SMARTS) is 1. The summed E-state index contributed by atoms with van der Waals surface area (Å²) in [6.45, 7) is 2.54. The van der Waals surface area contributed by atoms with Gasteiger partial charge < -0.3 is 15.4 Å². The van der Waals surface area contributed by atoms with Crippen LogP contribution in [-0.4, -0.2) is 28.5 Å². The van der Waals surface area contributed by atoms with Gasteiger partial charge in [0.1, 0.15) is 0 Å². The molecule has 0 saturated carbocycles. The first-order valence-corrected chi connectivity index (χ1v) is 8.29. The van der Waals surface area contributed by atoms with Crippen molar-refractivity contribution in [2.75, 3.05) is 6.54 Å². The highest BCUT2D eigenvalue weighted by Gasteiger charge is 2.33. The number of benzene rings is 1. The Morgan fingerprint density at radius 1 is 1.21 bits per heavy atom. The molecule has 0 spiro atoms. The molecule has 1 aromatic heterocycles. The Morgan fingerprint density at radius 2 is 1.92 bits per heavy atom. The molecule has 0 saturated heterocycles. The molecule has 126 valence electrons. The zero-order valence-electron chi connectivity index (χ0n) is 13.7. The number of rotatable bonds is 5. The van der Waals surface area contributed by atoms with Gasteiger partial charge in [-0.2, -0.15) is 0 Å². The van der Waals surface area contributed by atoms with Crippen LogP contribution in [0.15, 0.2) is 36.4 Å². The largest absolute Gasteiger partial charge is 0.481 e. The van der Waals surface area contributed by atoms with Crippen molar-refractivity contribution in [2.45, 2.75) is 26.2 Å². The summed E-state index contributed by atoms with van der Waals surface area (Å²) in [5, 5.41) is 13.4. The number of para-hydroxylation sites is 1. The Kier molecular flexibility index (Phi) is 4.69. The first kappa shape index (κ1) is 16.3. The van der Waals surface area contributed by atoms with Crippen molar-refractivity contribution < 1.29 is 14.7 Å². The van der Waals surface area contributed by atoms with Gasteiger partial charge in [-0.05, 0) is 37.8 Å². The SMILES string of the molecule is Cc1[nH]c2ccccc2c1CCNC(=O)C1CC=CCC1C(=O)O. The van der Waals surface area contributed by atoms with Crippen molar-refractivity contribution >= 4 is 22.8 Å². The maximum absolute atomic E-state index is 12.4. The molecule has 2 unspecified atom stereocenters. The van der Waals surface area contributed by atoms with Crippen LogP contribution >= 0.6 is 0 Å². The maximum atomic E-state index is 12.4. The van der Waals surface area contributed by atoms with Crippen LogP contribution < -0.4 is 5.32 Å². The summed E-state index contributed by atoms with van der Waals surface area (Å²) < 4.78 is 0. The number of amides is 1. The number of aromatic nitrogens is 1. The van der Waals surface area contributed by atoms with Gasteiger partial charge in [0.2, 0.25) is 5.91 Å². The normalized spacial score (nSPS) is 20.2. The van der Waals surface area contributed by atoms with Gasteiger partial charge in [0, 0.05) is 23.1 Å². The predicted molar refractivity (Wildman–Crippen MR) is 92.7 cm³/mol. The zero-order chi connectivity index (χ0) is 17.1. The number of aromatic amines is 1. The molecule has 5 heteroatoms. The minimum absolute atomic E-state index is 0.163. The summed E-state index contributed by atoms with van der Waals surface area (Å²) in [5.41, 5.74) is 3.40. The number of hydrogen-bond donors (Lipinski definition) is 3. The lowest BCUT2D eigenvalue weighted by Gasteiger charge is -2.24. The third-order valence-electron chi connectivity index (χ3n) is 4.79. The van der Waals surface area contributed by atoms with Crippen LogP contribution in [0.4, 0.5) is 0 Å². The number of aryl methyl sites for hydroxylation is 1. The van der Waals surface area contributed by atoms with Gasteiger partial charge in [0.05, 0.1) is 11.8 Å². The van der Waals surface area contributed by atoms with E-state index in [0.29, 0.717) is 19.4 Å². The molecular weight excluding hydrogens is 304 g/mol. The number of fused-ring (bicyclic) bond motifs is 1. The van der Waals surface area contributed by atoms with Crippen molar-refractivity contribution in [3.8, 4) is 0 Å². The molecule has 2 aromatic rings. The standard InChI is InChI=1S/C19H22N2O3/c1-12-13(14-6-4-5-9-17(14)21-12)10-11-20-18(22)15-7-2-3-8-16(15)19(23)24/h2-6,9,15-16,21H,7-8,10-11H2,1H3,(H,20,22)(H,23,24). The van der Waals surface area contributed by atoms with E-state index in [9.17, 15) is 14.7 Å². The monoisotopic (exact) mass is 326 g/mol. The summed E-state index contributed by atoms with van der Waals surface area (Å²) in [5.74, 6) is -2.15. The third-order valence-corrected chi connectivity index (χ3v) is 4.79. The number of H-pyrrole nitrogens is 1. The Balaban J connectivity index is 1.63. The summed E-state index contributed by atoms with van der Waals surface area (Å²) in [6, 6.07) is 8.11. The lowest BCUT2D eigenvalue weighted by atomic mass is 9.82. The molecule has 2 atom stereocenters. The second-order valence-corrected chi connectivity index (χ2v) is 6.31. The molecular formula is C19H22N2O3. The lowest BCUT2D eigenvalue weighted by molar-refractivity contribution is -0.147. The van der Waals surface area contributed by atoms with Crippen molar-refractivity contribution in [3.05, 3.63) is 47.7 Å². The van der Waals surface area contributed by atoms with E-state index in [1.54, 1.807) is 0 Å². The van der Waals surface area contributed by atoms with Crippen LogP contribution in [0.25, 0.3) is 10.9 Å². The first-order valence-electron chi connectivity index (χ1n) is 8.29. The van der Waals surface area contributed by atoms with Crippen LogP contribution in [0.5, 0.6) is 0 Å². The number of carbonyl (C=O) groups excluding carboxylic acids is 1. The highest BCUT2D eigenvalue weighted by molar-refractivity contribution is 5.86. The fourth-order valence-electron chi connectivity index (χ4n) is 3.48. The number of allylic oxidation sites excluding steroid dienone is 2. The fourth-order valence-corrected chi connectivity index (χ4v) is 3.48. The van der Waals surface area contributed by atoms with Crippen molar-refractivity contribution in [1.29, 1.82) is 0 Å². The Bertz CT molecular complexity index is 791. The highest BCUT2D eigenvalue weighted by atomic mass is 16.4. The number of aliphatic carboxylic acids is 1. The molecule has 1 heterocycles. The predicted octanol–water partition coefficient (Wildman–Crippen LogP) is 2.80. The Hall–Kier alpha value is -2.56. The average Bonchev–Trinajstić information content (AvgIpc) is 2.90. The lowest BCUT2D eigenvalue weighted by Crippen LogP contribution is -2.39. The van der Waals surface area contributed by atoms with Gasteiger partial charge in [-0.3, -0.25) is 9.59 Å². The summed E-state index contributed by atoms with van der Waals surface area (Å²) in [6.07, 6.45) is 5.39. The van der Waals surface area contributed by atoms with Gasteiger partial charge >= 0.3 is 5.97 Å². The molecule has 0 radical (unpaired) electrons. The summed E-state index contributed by atoms with van der Waals surface area (Å²) in [7, 11) is 0. The molecule has 1 aliphatic carbocycles. The van der Waals surface area contributed by atoms with Gasteiger partial charge in [-0.1, -0.05) is 30.4 Å². The minimum Gasteiger partial charge on any atom is -0.481 e. The third kappa shape index (κ3) is 3.20. The molecule has 1 aromatic carbocycles. The van der Waals surface area contributed by atoms with Gasteiger partial charge in [0.25, 0.3) is 0 Å². The molecule has 0 bridgehead atoms. The van der Waals surface area contributed by atoms with E-state index in [-0.39, 0.29) is 5.91 Å². The Morgan fingerprint density at radius 3 is 2.67 bits per heavy atom. The van der Waals surface area contributed by atoms with Gasteiger partial charge in [-0.15, -0.1) is 0 Å². The average molecular weight is 326 g/mol. The van der Waals surface area contributed by atoms with Crippen molar-refractivity contribution in [2.24, 2.45) is 11.8 Å². The van der Waals surface area contributed by atoms with E-state index < -0.39 is 17.8 Å². The van der Waals surface area contributed by atoms with Crippen LogP contribution in [-0.2, 0) is 16.0 Å². The molecule has 5 nitrogen and oxygen atoms in total.